The highest BCUT2D eigenvalue weighted by Gasteiger charge is 2.34. The first-order valence-corrected chi connectivity index (χ1v) is 12.1. The van der Waals surface area contributed by atoms with Crippen molar-refractivity contribution in [2.24, 2.45) is 0 Å². The molecular weight excluding hydrogens is 518 g/mol. The number of hydrogen-bond acceptors (Lipinski definition) is 6. The Balaban J connectivity index is 1.51. The number of likely N-dealkylation sites (N-methyl/N-ethyl adjacent to an activating group) is 1. The van der Waals surface area contributed by atoms with Crippen molar-refractivity contribution in [2.45, 2.75) is 25.2 Å². The number of alkyl halides is 3. The van der Waals surface area contributed by atoms with Crippen molar-refractivity contribution < 1.29 is 31.9 Å². The Labute approximate surface area is 222 Å². The lowest BCUT2D eigenvalue weighted by Gasteiger charge is -2.39. The van der Waals surface area contributed by atoms with Gasteiger partial charge >= 0.3 is 6.36 Å². The average Bonchev–Trinajstić information content (AvgIpc) is 2.84. The van der Waals surface area contributed by atoms with E-state index in [-0.39, 0.29) is 23.4 Å². The van der Waals surface area contributed by atoms with Crippen LogP contribution in [0.5, 0.6) is 5.75 Å². The van der Waals surface area contributed by atoms with Crippen LogP contribution in [0.25, 0.3) is 11.3 Å². The molecule has 1 unspecified atom stereocenters. The number of aromatic nitrogens is 1. The Morgan fingerprint density at radius 2 is 1.90 bits per heavy atom. The fourth-order valence-electron chi connectivity index (χ4n) is 4.43. The molecule has 0 bridgehead atoms. The number of piperazine rings is 1. The molecule has 3 aromatic rings. The number of amides is 2. The normalized spacial score (nSPS) is 17.9. The summed E-state index contributed by atoms with van der Waals surface area (Å²) in [6.07, 6.45) is -3.69. The molecule has 4 rings (SSSR count). The number of halogens is 4. The van der Waals surface area contributed by atoms with Crippen molar-refractivity contribution >= 4 is 23.2 Å². The topological polar surface area (TPSA) is 95.6 Å². The number of ether oxygens (including phenoxy) is 1. The van der Waals surface area contributed by atoms with Crippen LogP contribution in [0.4, 0.5) is 28.9 Å². The summed E-state index contributed by atoms with van der Waals surface area (Å²) < 4.78 is 57.1. The molecule has 0 radical (unpaired) electrons. The van der Waals surface area contributed by atoms with E-state index in [2.05, 4.69) is 25.7 Å². The van der Waals surface area contributed by atoms with Gasteiger partial charge in [0.15, 0.2) is 5.75 Å². The smallest absolute Gasteiger partial charge is 0.404 e. The number of hydrogen-bond donors (Lipinski definition) is 3. The van der Waals surface area contributed by atoms with Gasteiger partial charge < -0.3 is 25.6 Å². The molecule has 3 N–H and O–H groups in total. The van der Waals surface area contributed by atoms with Crippen LogP contribution in [0.2, 0.25) is 0 Å². The molecule has 206 valence electrons. The number of anilines is 2. The molecule has 2 aromatic carbocycles. The summed E-state index contributed by atoms with van der Waals surface area (Å²) in [6, 6.07) is 12.4. The van der Waals surface area contributed by atoms with E-state index in [9.17, 15) is 27.2 Å². The molecule has 0 saturated carbocycles. The van der Waals surface area contributed by atoms with Crippen LogP contribution in [0.3, 0.4) is 0 Å². The first-order chi connectivity index (χ1) is 18.4. The lowest BCUT2D eigenvalue weighted by atomic mass is 9.94. The summed E-state index contributed by atoms with van der Waals surface area (Å²) >= 11 is 0. The third-order valence-electron chi connectivity index (χ3n) is 6.13. The van der Waals surface area contributed by atoms with E-state index in [1.807, 2.05) is 18.9 Å². The minimum Gasteiger partial charge on any atom is -0.404 e. The fraction of sp³-hybridized carbons (Fsp3) is 0.296. The van der Waals surface area contributed by atoms with Crippen molar-refractivity contribution in [1.82, 2.24) is 15.2 Å². The highest BCUT2D eigenvalue weighted by atomic mass is 19.4. The fourth-order valence-corrected chi connectivity index (χ4v) is 4.43. The number of carbonyl (C=O) groups excluding carboxylic acids is 2. The Morgan fingerprint density at radius 3 is 2.56 bits per heavy atom. The van der Waals surface area contributed by atoms with Gasteiger partial charge in [-0.2, -0.15) is 0 Å². The molecule has 1 fully saturated rings. The lowest BCUT2D eigenvalue weighted by molar-refractivity contribution is -0.274. The number of pyridine rings is 1. The van der Waals surface area contributed by atoms with Gasteiger partial charge in [0.1, 0.15) is 5.82 Å². The van der Waals surface area contributed by atoms with E-state index in [0.29, 0.717) is 24.3 Å². The minimum absolute atomic E-state index is 0.0146. The van der Waals surface area contributed by atoms with Gasteiger partial charge in [0, 0.05) is 42.7 Å². The summed E-state index contributed by atoms with van der Waals surface area (Å²) in [5.41, 5.74) is 0.0168. The molecule has 12 heteroatoms. The van der Waals surface area contributed by atoms with Gasteiger partial charge in [-0.15, -0.1) is 13.2 Å². The molecule has 8 nitrogen and oxygen atoms in total. The summed E-state index contributed by atoms with van der Waals surface area (Å²) in [6.45, 7) is 3.89. The third kappa shape index (κ3) is 7.52. The molecule has 1 aromatic heterocycles. The maximum Gasteiger partial charge on any atom is 0.573 e. The number of nitrogens with one attached hydrogen (secondary N) is 3. The maximum atomic E-state index is 14.0. The summed E-state index contributed by atoms with van der Waals surface area (Å²) in [4.78, 5) is 31.9. The molecule has 1 saturated heterocycles. The number of rotatable bonds is 7. The monoisotopic (exact) mass is 545 g/mol. The van der Waals surface area contributed by atoms with E-state index in [4.69, 9.17) is 0 Å². The van der Waals surface area contributed by atoms with Gasteiger partial charge in [-0.25, -0.2) is 4.39 Å². The number of benzene rings is 2. The van der Waals surface area contributed by atoms with Crippen LogP contribution < -0.4 is 20.7 Å². The van der Waals surface area contributed by atoms with Gasteiger partial charge in [-0.05, 0) is 56.4 Å². The average molecular weight is 546 g/mol. The van der Waals surface area contributed by atoms with E-state index in [1.165, 1.54) is 24.4 Å². The molecule has 1 aliphatic heterocycles. The highest BCUT2D eigenvalue weighted by molar-refractivity contribution is 6.05. The van der Waals surface area contributed by atoms with Crippen LogP contribution in [0, 0.1) is 5.82 Å². The summed E-state index contributed by atoms with van der Waals surface area (Å²) in [5, 5.41) is 8.32. The predicted molar refractivity (Wildman–Crippen MR) is 138 cm³/mol. The largest absolute Gasteiger partial charge is 0.573 e. The SMILES string of the molecule is CN1CCNC(C)(CC(=O)Nc2cc(C(=O)Nc3ccc(-c4ccccc4F)nc3)ccc2OC(F)(F)F)C1. The number of carbonyl (C=O) groups is 2. The van der Waals surface area contributed by atoms with Crippen LogP contribution in [0.15, 0.2) is 60.8 Å². The molecule has 39 heavy (non-hydrogen) atoms. The molecule has 1 atom stereocenters. The van der Waals surface area contributed by atoms with Gasteiger partial charge in [0.2, 0.25) is 5.91 Å². The quantitative estimate of drug-likeness (QED) is 0.374. The first-order valence-electron chi connectivity index (χ1n) is 12.1. The Bertz CT molecular complexity index is 1350. The Hall–Kier alpha value is -4.03. The van der Waals surface area contributed by atoms with Crippen molar-refractivity contribution in [1.29, 1.82) is 0 Å². The van der Waals surface area contributed by atoms with Gasteiger partial charge in [-0.1, -0.05) is 12.1 Å². The van der Waals surface area contributed by atoms with Crippen molar-refractivity contribution in [3.05, 3.63) is 72.2 Å². The second kappa shape index (κ2) is 11.4. The maximum absolute atomic E-state index is 14.0. The van der Waals surface area contributed by atoms with E-state index in [1.54, 1.807) is 18.2 Å². The zero-order chi connectivity index (χ0) is 28.2. The number of nitrogens with zero attached hydrogens (tertiary/aromatic N) is 2. The van der Waals surface area contributed by atoms with Crippen molar-refractivity contribution in [2.75, 3.05) is 37.3 Å². The van der Waals surface area contributed by atoms with Crippen LogP contribution in [-0.2, 0) is 4.79 Å². The third-order valence-corrected chi connectivity index (χ3v) is 6.13. The summed E-state index contributed by atoms with van der Waals surface area (Å²) in [5.74, 6) is -2.30. The zero-order valence-electron chi connectivity index (χ0n) is 21.2. The van der Waals surface area contributed by atoms with Gasteiger partial charge in [-0.3, -0.25) is 14.6 Å². The van der Waals surface area contributed by atoms with Gasteiger partial charge in [0.25, 0.3) is 5.91 Å². The molecule has 0 aliphatic carbocycles. The summed E-state index contributed by atoms with van der Waals surface area (Å²) in [7, 11) is 1.91. The van der Waals surface area contributed by atoms with Crippen molar-refractivity contribution in [3.8, 4) is 17.0 Å². The Kier molecular flexibility index (Phi) is 8.17. The van der Waals surface area contributed by atoms with E-state index in [0.717, 1.165) is 24.7 Å². The molecule has 2 amide bonds. The second-order valence-corrected chi connectivity index (χ2v) is 9.57. The molecular formula is C27H27F4N5O3. The highest BCUT2D eigenvalue weighted by Crippen LogP contribution is 2.32. The van der Waals surface area contributed by atoms with Crippen LogP contribution >= 0.6 is 0 Å². The lowest BCUT2D eigenvalue weighted by Crippen LogP contribution is -2.58. The van der Waals surface area contributed by atoms with Gasteiger partial charge in [0.05, 0.1) is 23.3 Å². The minimum atomic E-state index is -5.01. The molecule has 2 heterocycles. The Morgan fingerprint density at radius 1 is 1.13 bits per heavy atom. The zero-order valence-corrected chi connectivity index (χ0v) is 21.2. The molecule has 0 spiro atoms. The molecule has 1 aliphatic rings. The second-order valence-electron chi connectivity index (χ2n) is 9.57. The first kappa shape index (κ1) is 28.0. The van der Waals surface area contributed by atoms with Crippen LogP contribution in [0.1, 0.15) is 23.7 Å². The standard InChI is InChI=1S/C27H27F4N5O3/c1-26(16-36(2)12-11-33-26)14-24(37)35-22-13-17(7-10-23(22)39-27(29,30)31)25(38)34-18-8-9-21(32-15-18)19-5-3-4-6-20(19)28/h3-10,13,15,33H,11-12,14,16H2,1-2H3,(H,34,38)(H,35,37). The van der Waals surface area contributed by atoms with Crippen LogP contribution in [-0.4, -0.2) is 60.3 Å². The van der Waals surface area contributed by atoms with Crippen molar-refractivity contribution in [3.63, 3.8) is 0 Å². The van der Waals surface area contributed by atoms with E-state index >= 15 is 0 Å². The predicted octanol–water partition coefficient (Wildman–Crippen LogP) is 4.66. The van der Waals surface area contributed by atoms with E-state index < -0.39 is 35.3 Å².